The van der Waals surface area contributed by atoms with Crippen molar-refractivity contribution in [1.82, 2.24) is 0 Å². The summed E-state index contributed by atoms with van der Waals surface area (Å²) < 4.78 is 16.7. The van der Waals surface area contributed by atoms with Crippen LogP contribution in [0.1, 0.15) is 53.4 Å². The smallest absolute Gasteiger partial charge is 0.134 e. The SMILES string of the molecule is CCCCOCC(OC(C)N=[N+]=[N-])[C@@H](O)C(C)OCCCC. The Hall–Kier alpha value is -0.850. The van der Waals surface area contributed by atoms with Crippen LogP contribution in [-0.4, -0.2) is 49.5 Å². The van der Waals surface area contributed by atoms with Gasteiger partial charge in [0.05, 0.1) is 12.7 Å². The number of aliphatic hydroxyl groups is 1. The highest BCUT2D eigenvalue weighted by Crippen LogP contribution is 2.12. The normalized spacial score (nSPS) is 16.6. The molecule has 7 heteroatoms. The summed E-state index contributed by atoms with van der Waals surface area (Å²) in [6.07, 6.45) is 1.52. The zero-order valence-corrected chi connectivity index (χ0v) is 14.3. The lowest BCUT2D eigenvalue weighted by Gasteiger charge is -2.29. The summed E-state index contributed by atoms with van der Waals surface area (Å²) in [6, 6.07) is 0. The summed E-state index contributed by atoms with van der Waals surface area (Å²) in [7, 11) is 0. The maximum Gasteiger partial charge on any atom is 0.134 e. The minimum atomic E-state index is -0.838. The molecule has 0 saturated carbocycles. The van der Waals surface area contributed by atoms with Crippen LogP contribution in [0.3, 0.4) is 0 Å². The van der Waals surface area contributed by atoms with E-state index in [0.29, 0.717) is 13.2 Å². The number of rotatable bonds is 14. The topological polar surface area (TPSA) is 96.7 Å². The van der Waals surface area contributed by atoms with Crippen molar-refractivity contribution in [3.8, 4) is 0 Å². The van der Waals surface area contributed by atoms with Crippen molar-refractivity contribution in [2.45, 2.75) is 77.9 Å². The van der Waals surface area contributed by atoms with Crippen molar-refractivity contribution in [3.63, 3.8) is 0 Å². The summed E-state index contributed by atoms with van der Waals surface area (Å²) >= 11 is 0. The second-order valence-electron chi connectivity index (χ2n) is 5.33. The Morgan fingerprint density at radius 1 is 1.14 bits per heavy atom. The molecule has 1 N–H and O–H groups in total. The first-order valence-corrected chi connectivity index (χ1v) is 8.13. The standard InChI is InChI=1S/C15H31N3O4/c1-5-7-9-20-11-14(22-13(4)17-18-16)15(19)12(3)21-10-8-6-2/h12-15,19H,5-11H2,1-4H3/t12?,13?,14?,15-/m0/s1. The summed E-state index contributed by atoms with van der Waals surface area (Å²) in [5, 5.41) is 13.9. The van der Waals surface area contributed by atoms with Crippen molar-refractivity contribution in [3.05, 3.63) is 10.4 Å². The van der Waals surface area contributed by atoms with Crippen molar-refractivity contribution in [1.29, 1.82) is 0 Å². The van der Waals surface area contributed by atoms with E-state index in [-0.39, 0.29) is 12.7 Å². The first-order chi connectivity index (χ1) is 10.6. The van der Waals surface area contributed by atoms with Gasteiger partial charge in [-0.15, -0.1) is 0 Å². The van der Waals surface area contributed by atoms with E-state index in [1.165, 1.54) is 0 Å². The molecule has 7 nitrogen and oxygen atoms in total. The molecule has 0 aliphatic carbocycles. The molecule has 0 rings (SSSR count). The van der Waals surface area contributed by atoms with Crippen LogP contribution >= 0.6 is 0 Å². The first-order valence-electron chi connectivity index (χ1n) is 8.13. The third-order valence-electron chi connectivity index (χ3n) is 3.25. The predicted molar refractivity (Wildman–Crippen MR) is 85.5 cm³/mol. The second kappa shape index (κ2) is 13.8. The first kappa shape index (κ1) is 21.1. The Morgan fingerprint density at radius 2 is 1.77 bits per heavy atom. The quantitative estimate of drug-likeness (QED) is 0.230. The molecule has 4 atom stereocenters. The van der Waals surface area contributed by atoms with Crippen LogP contribution in [0, 0.1) is 0 Å². The van der Waals surface area contributed by atoms with E-state index < -0.39 is 18.4 Å². The molecule has 0 fully saturated rings. The molecule has 0 radical (unpaired) electrons. The van der Waals surface area contributed by atoms with Crippen molar-refractivity contribution in [2.24, 2.45) is 5.11 Å². The fourth-order valence-corrected chi connectivity index (χ4v) is 1.83. The van der Waals surface area contributed by atoms with Crippen LogP contribution in [-0.2, 0) is 14.2 Å². The predicted octanol–water partition coefficient (Wildman–Crippen LogP) is 3.41. The van der Waals surface area contributed by atoms with Crippen LogP contribution < -0.4 is 0 Å². The maximum absolute atomic E-state index is 10.4. The third kappa shape index (κ3) is 9.97. The lowest BCUT2D eigenvalue weighted by atomic mass is 10.1. The maximum atomic E-state index is 10.4. The van der Waals surface area contributed by atoms with Gasteiger partial charge in [-0.25, -0.2) is 0 Å². The Morgan fingerprint density at radius 3 is 2.36 bits per heavy atom. The van der Waals surface area contributed by atoms with E-state index in [4.69, 9.17) is 19.7 Å². The minimum Gasteiger partial charge on any atom is -0.388 e. The summed E-state index contributed by atoms with van der Waals surface area (Å²) in [5.74, 6) is 0. The van der Waals surface area contributed by atoms with Gasteiger partial charge in [0.15, 0.2) is 0 Å². The molecular weight excluding hydrogens is 286 g/mol. The molecule has 22 heavy (non-hydrogen) atoms. The third-order valence-corrected chi connectivity index (χ3v) is 3.25. The van der Waals surface area contributed by atoms with Crippen LogP contribution in [0.15, 0.2) is 5.11 Å². The molecule has 0 heterocycles. The van der Waals surface area contributed by atoms with Gasteiger partial charge in [-0.1, -0.05) is 31.8 Å². The Balaban J connectivity index is 4.47. The van der Waals surface area contributed by atoms with E-state index in [1.807, 2.05) is 0 Å². The molecule has 0 aromatic rings. The molecule has 0 aliphatic heterocycles. The molecule has 0 amide bonds. The Kier molecular flexibility index (Phi) is 13.3. The van der Waals surface area contributed by atoms with Gasteiger partial charge in [0, 0.05) is 18.1 Å². The monoisotopic (exact) mass is 317 g/mol. The highest BCUT2D eigenvalue weighted by Gasteiger charge is 2.27. The lowest BCUT2D eigenvalue weighted by Crippen LogP contribution is -2.43. The van der Waals surface area contributed by atoms with Gasteiger partial charge in [-0.05, 0) is 32.2 Å². The van der Waals surface area contributed by atoms with Crippen LogP contribution in [0.5, 0.6) is 0 Å². The van der Waals surface area contributed by atoms with Gasteiger partial charge in [-0.2, -0.15) is 0 Å². The van der Waals surface area contributed by atoms with Gasteiger partial charge in [0.1, 0.15) is 18.4 Å². The molecule has 0 saturated heterocycles. The zero-order chi connectivity index (χ0) is 16.8. The second-order valence-corrected chi connectivity index (χ2v) is 5.33. The zero-order valence-electron chi connectivity index (χ0n) is 14.3. The van der Waals surface area contributed by atoms with Crippen LogP contribution in [0.2, 0.25) is 0 Å². The Bertz CT molecular complexity index is 311. The van der Waals surface area contributed by atoms with Crippen LogP contribution in [0.4, 0.5) is 0 Å². The minimum absolute atomic E-state index is 0.244. The molecule has 3 unspecified atom stereocenters. The van der Waals surface area contributed by atoms with E-state index in [0.717, 1.165) is 25.7 Å². The molecule has 0 bridgehead atoms. The van der Waals surface area contributed by atoms with Gasteiger partial charge < -0.3 is 19.3 Å². The van der Waals surface area contributed by atoms with E-state index in [9.17, 15) is 5.11 Å². The highest BCUT2D eigenvalue weighted by atomic mass is 16.6. The lowest BCUT2D eigenvalue weighted by molar-refractivity contribution is -0.143. The summed E-state index contributed by atoms with van der Waals surface area (Å²) in [4.78, 5) is 2.71. The summed E-state index contributed by atoms with van der Waals surface area (Å²) in [5.41, 5.74) is 8.45. The van der Waals surface area contributed by atoms with Crippen LogP contribution in [0.25, 0.3) is 10.4 Å². The number of aliphatic hydroxyl groups excluding tert-OH is 1. The molecule has 0 aromatic carbocycles. The van der Waals surface area contributed by atoms with E-state index in [1.54, 1.807) is 13.8 Å². The number of ether oxygens (including phenoxy) is 3. The van der Waals surface area contributed by atoms with Crippen molar-refractivity contribution >= 4 is 0 Å². The molecule has 0 aliphatic rings. The molecule has 130 valence electrons. The van der Waals surface area contributed by atoms with E-state index in [2.05, 4.69) is 23.9 Å². The van der Waals surface area contributed by atoms with Gasteiger partial charge in [0.25, 0.3) is 0 Å². The van der Waals surface area contributed by atoms with Crippen molar-refractivity contribution < 1.29 is 19.3 Å². The Labute approximate surface area is 133 Å². The number of hydrogen-bond donors (Lipinski definition) is 1. The number of unbranched alkanes of at least 4 members (excludes halogenated alkanes) is 2. The van der Waals surface area contributed by atoms with Gasteiger partial charge in [0.2, 0.25) is 0 Å². The number of hydrogen-bond acceptors (Lipinski definition) is 5. The number of azide groups is 1. The average Bonchev–Trinajstić information content (AvgIpc) is 2.50. The fourth-order valence-electron chi connectivity index (χ4n) is 1.83. The molecular formula is C15H31N3O4. The average molecular weight is 317 g/mol. The largest absolute Gasteiger partial charge is 0.388 e. The summed E-state index contributed by atoms with van der Waals surface area (Å²) in [6.45, 7) is 9.07. The van der Waals surface area contributed by atoms with Gasteiger partial charge in [-0.3, -0.25) is 0 Å². The fraction of sp³-hybridized carbons (Fsp3) is 1.00. The van der Waals surface area contributed by atoms with E-state index >= 15 is 0 Å². The molecule has 0 spiro atoms. The highest BCUT2D eigenvalue weighted by molar-refractivity contribution is 4.76. The number of nitrogens with zero attached hydrogens (tertiary/aromatic N) is 3. The van der Waals surface area contributed by atoms with Gasteiger partial charge >= 0.3 is 0 Å². The molecule has 0 aromatic heterocycles. The van der Waals surface area contributed by atoms with Crippen molar-refractivity contribution in [2.75, 3.05) is 19.8 Å².